The molecule has 2 aromatic rings. The molecule has 4 nitrogen and oxygen atoms in total. The molecular weight excluding hydrogens is 288 g/mol. The van der Waals surface area contributed by atoms with E-state index in [-0.39, 0.29) is 0 Å². The van der Waals surface area contributed by atoms with Crippen molar-refractivity contribution in [2.45, 2.75) is 33.9 Å². The van der Waals surface area contributed by atoms with Crippen molar-refractivity contribution in [2.24, 2.45) is 5.92 Å². The minimum absolute atomic E-state index is 0.446. The second kappa shape index (κ2) is 7.48. The summed E-state index contributed by atoms with van der Waals surface area (Å²) in [5, 5.41) is 3.93. The van der Waals surface area contributed by atoms with Crippen molar-refractivity contribution >= 4 is 11.6 Å². The summed E-state index contributed by atoms with van der Waals surface area (Å²) in [6.07, 6.45) is 3.22. The molecule has 0 unspecified atom stereocenters. The third-order valence-corrected chi connectivity index (χ3v) is 3.20. The maximum atomic E-state index is 5.88. The summed E-state index contributed by atoms with van der Waals surface area (Å²) >= 11 is 5.88. The Bertz CT molecular complexity index is 581. The molecule has 0 saturated heterocycles. The highest BCUT2D eigenvalue weighted by molar-refractivity contribution is 6.30. The lowest BCUT2D eigenvalue weighted by atomic mass is 10.2. The molecular formula is C16H21ClN2O2. The molecule has 0 spiro atoms. The van der Waals surface area contributed by atoms with E-state index in [1.165, 1.54) is 0 Å². The number of pyridine rings is 1. The molecule has 0 atom stereocenters. The van der Waals surface area contributed by atoms with Crippen molar-refractivity contribution in [3.63, 3.8) is 0 Å². The van der Waals surface area contributed by atoms with Gasteiger partial charge in [-0.05, 0) is 25.5 Å². The number of aromatic nitrogens is 1. The Morgan fingerprint density at radius 3 is 2.86 bits per heavy atom. The van der Waals surface area contributed by atoms with E-state index in [4.69, 9.17) is 20.8 Å². The van der Waals surface area contributed by atoms with Crippen LogP contribution in [0.1, 0.15) is 30.9 Å². The molecule has 0 saturated carbocycles. The van der Waals surface area contributed by atoms with Gasteiger partial charge in [-0.3, -0.25) is 4.98 Å². The molecule has 2 rings (SSSR count). The molecule has 114 valence electrons. The lowest BCUT2D eigenvalue weighted by Crippen LogP contribution is -2.18. The highest BCUT2D eigenvalue weighted by Gasteiger charge is 2.08. The molecule has 0 bridgehead atoms. The fourth-order valence-electron chi connectivity index (χ4n) is 1.93. The second-order valence-corrected chi connectivity index (χ2v) is 5.88. The summed E-state index contributed by atoms with van der Waals surface area (Å²) in [6.45, 7) is 8.46. The van der Waals surface area contributed by atoms with Gasteiger partial charge in [0.1, 0.15) is 23.9 Å². The molecule has 1 N–H and O–H groups in total. The van der Waals surface area contributed by atoms with Crippen LogP contribution in [0.3, 0.4) is 0 Å². The molecule has 2 aromatic heterocycles. The van der Waals surface area contributed by atoms with Crippen LogP contribution in [0.15, 0.2) is 28.9 Å². The van der Waals surface area contributed by atoms with Crippen LogP contribution < -0.4 is 10.1 Å². The van der Waals surface area contributed by atoms with E-state index in [2.05, 4.69) is 24.1 Å². The lowest BCUT2D eigenvalue weighted by Gasteiger charge is -2.05. The first-order valence-electron chi connectivity index (χ1n) is 7.07. The van der Waals surface area contributed by atoms with E-state index in [9.17, 15) is 0 Å². The summed E-state index contributed by atoms with van der Waals surface area (Å²) in [6, 6.07) is 3.77. The average molecular weight is 309 g/mol. The first-order valence-corrected chi connectivity index (χ1v) is 7.44. The van der Waals surface area contributed by atoms with Gasteiger partial charge in [-0.15, -0.1) is 0 Å². The van der Waals surface area contributed by atoms with E-state index in [0.717, 1.165) is 30.2 Å². The van der Waals surface area contributed by atoms with E-state index in [1.807, 2.05) is 13.0 Å². The van der Waals surface area contributed by atoms with Gasteiger partial charge in [-0.2, -0.15) is 0 Å². The van der Waals surface area contributed by atoms with Gasteiger partial charge in [0, 0.05) is 17.8 Å². The van der Waals surface area contributed by atoms with Crippen LogP contribution in [0.5, 0.6) is 5.75 Å². The van der Waals surface area contributed by atoms with Crippen LogP contribution in [-0.4, -0.2) is 11.5 Å². The zero-order valence-corrected chi connectivity index (χ0v) is 13.4. The standard InChI is InChI=1S/C16H21ClN2O2/c1-11(2)6-18-9-16-4-13(12(3)21-16)10-20-15-5-14(17)7-19-8-15/h4-5,7-8,11,18H,6,9-10H2,1-3H3. The van der Waals surface area contributed by atoms with E-state index < -0.39 is 0 Å². The van der Waals surface area contributed by atoms with Gasteiger partial charge < -0.3 is 14.5 Å². The molecule has 0 aliphatic heterocycles. The van der Waals surface area contributed by atoms with Gasteiger partial charge in [-0.25, -0.2) is 0 Å². The number of hydrogen-bond donors (Lipinski definition) is 1. The summed E-state index contributed by atoms with van der Waals surface area (Å²) in [5.74, 6) is 3.09. The van der Waals surface area contributed by atoms with Crippen molar-refractivity contribution < 1.29 is 9.15 Å². The summed E-state index contributed by atoms with van der Waals surface area (Å²) in [7, 11) is 0. The maximum absolute atomic E-state index is 5.88. The minimum atomic E-state index is 0.446. The Morgan fingerprint density at radius 2 is 2.14 bits per heavy atom. The van der Waals surface area contributed by atoms with Crippen LogP contribution in [0.4, 0.5) is 0 Å². The van der Waals surface area contributed by atoms with Crippen LogP contribution in [0, 0.1) is 12.8 Å². The smallest absolute Gasteiger partial charge is 0.139 e. The average Bonchev–Trinajstić information content (AvgIpc) is 2.76. The largest absolute Gasteiger partial charge is 0.487 e. The van der Waals surface area contributed by atoms with Crippen molar-refractivity contribution in [3.8, 4) is 5.75 Å². The molecule has 0 fully saturated rings. The predicted octanol–water partition coefficient (Wildman–Crippen LogP) is 3.96. The first-order chi connectivity index (χ1) is 10.0. The van der Waals surface area contributed by atoms with Crippen LogP contribution in [-0.2, 0) is 13.2 Å². The molecule has 0 amide bonds. The number of halogens is 1. The quantitative estimate of drug-likeness (QED) is 0.841. The van der Waals surface area contributed by atoms with Gasteiger partial charge in [0.25, 0.3) is 0 Å². The molecule has 2 heterocycles. The van der Waals surface area contributed by atoms with Crippen molar-refractivity contribution in [1.29, 1.82) is 0 Å². The molecule has 0 aliphatic carbocycles. The predicted molar refractivity (Wildman–Crippen MR) is 83.6 cm³/mol. The van der Waals surface area contributed by atoms with Gasteiger partial charge in [0.05, 0.1) is 17.8 Å². The summed E-state index contributed by atoms with van der Waals surface area (Å²) in [5.41, 5.74) is 1.04. The highest BCUT2D eigenvalue weighted by Crippen LogP contribution is 2.19. The number of nitrogens with zero attached hydrogens (tertiary/aromatic N) is 1. The fourth-order valence-corrected chi connectivity index (χ4v) is 2.10. The third-order valence-electron chi connectivity index (χ3n) is 3.00. The van der Waals surface area contributed by atoms with Crippen molar-refractivity contribution in [1.82, 2.24) is 10.3 Å². The number of ether oxygens (including phenoxy) is 1. The number of aryl methyl sites for hydroxylation is 1. The number of nitrogens with one attached hydrogen (secondary N) is 1. The van der Waals surface area contributed by atoms with Gasteiger partial charge >= 0.3 is 0 Å². The Hall–Kier alpha value is -1.52. The van der Waals surface area contributed by atoms with Crippen molar-refractivity contribution in [2.75, 3.05) is 6.54 Å². The molecule has 5 heteroatoms. The highest BCUT2D eigenvalue weighted by atomic mass is 35.5. The number of rotatable bonds is 7. The normalized spacial score (nSPS) is 11.1. The lowest BCUT2D eigenvalue weighted by molar-refractivity contribution is 0.302. The second-order valence-electron chi connectivity index (χ2n) is 5.45. The zero-order chi connectivity index (χ0) is 15.2. The van der Waals surface area contributed by atoms with E-state index in [1.54, 1.807) is 18.5 Å². The Labute approximate surface area is 130 Å². The monoisotopic (exact) mass is 308 g/mol. The molecule has 21 heavy (non-hydrogen) atoms. The summed E-state index contributed by atoms with van der Waals surface area (Å²) in [4.78, 5) is 3.99. The summed E-state index contributed by atoms with van der Waals surface area (Å²) < 4.78 is 11.4. The Kier molecular flexibility index (Phi) is 5.65. The zero-order valence-electron chi connectivity index (χ0n) is 12.6. The minimum Gasteiger partial charge on any atom is -0.487 e. The molecule has 0 aliphatic rings. The SMILES string of the molecule is Cc1oc(CNCC(C)C)cc1COc1cncc(Cl)c1. The number of hydrogen-bond acceptors (Lipinski definition) is 4. The fraction of sp³-hybridized carbons (Fsp3) is 0.438. The number of furan rings is 1. The van der Waals surface area contributed by atoms with Crippen LogP contribution >= 0.6 is 11.6 Å². The Balaban J connectivity index is 1.90. The Morgan fingerprint density at radius 1 is 1.33 bits per heavy atom. The van der Waals surface area contributed by atoms with Gasteiger partial charge in [0.2, 0.25) is 0 Å². The third kappa shape index (κ3) is 5.06. The first kappa shape index (κ1) is 15.9. The van der Waals surface area contributed by atoms with E-state index in [0.29, 0.717) is 23.3 Å². The molecule has 0 radical (unpaired) electrons. The molecule has 0 aromatic carbocycles. The van der Waals surface area contributed by atoms with Crippen molar-refractivity contribution in [3.05, 3.63) is 46.6 Å². The van der Waals surface area contributed by atoms with Crippen LogP contribution in [0.25, 0.3) is 0 Å². The van der Waals surface area contributed by atoms with Gasteiger partial charge in [-0.1, -0.05) is 25.4 Å². The van der Waals surface area contributed by atoms with Crippen LogP contribution in [0.2, 0.25) is 5.02 Å². The maximum Gasteiger partial charge on any atom is 0.139 e. The van der Waals surface area contributed by atoms with Gasteiger partial charge in [0.15, 0.2) is 0 Å². The topological polar surface area (TPSA) is 47.3 Å². The van der Waals surface area contributed by atoms with E-state index >= 15 is 0 Å².